The second-order valence-corrected chi connectivity index (χ2v) is 7.27. The third-order valence-corrected chi connectivity index (χ3v) is 5.01. The van der Waals surface area contributed by atoms with E-state index in [1.54, 1.807) is 25.1 Å². The smallest absolute Gasteiger partial charge is 0.419 e. The molecule has 0 spiro atoms. The fourth-order valence-corrected chi connectivity index (χ4v) is 3.55. The molecule has 0 bridgehead atoms. The Hall–Kier alpha value is -2.94. The van der Waals surface area contributed by atoms with Gasteiger partial charge in [0.05, 0.1) is 10.8 Å². The number of alkyl halides is 3. The molecule has 9 heteroatoms. The van der Waals surface area contributed by atoms with E-state index in [9.17, 15) is 13.2 Å². The lowest BCUT2D eigenvalue weighted by Crippen LogP contribution is -2.12. The molecule has 2 heterocycles. The molecule has 2 aromatic carbocycles. The Balaban J connectivity index is 1.67. The Morgan fingerprint density at radius 2 is 1.64 bits per heavy atom. The number of hydrogen-bond donors (Lipinski definition) is 0. The van der Waals surface area contributed by atoms with E-state index in [1.165, 1.54) is 6.07 Å². The number of benzene rings is 2. The Kier molecular flexibility index (Phi) is 4.76. The Labute approximate surface area is 162 Å². The van der Waals surface area contributed by atoms with E-state index in [1.807, 2.05) is 30.3 Å². The molecular formula is C19H13F3N4OS. The van der Waals surface area contributed by atoms with Crippen molar-refractivity contribution >= 4 is 22.7 Å². The monoisotopic (exact) mass is 402 g/mol. The van der Waals surface area contributed by atoms with Gasteiger partial charge in [-0.2, -0.15) is 13.2 Å². The van der Waals surface area contributed by atoms with Crippen LogP contribution in [-0.2, 0) is 6.18 Å². The number of rotatable bonds is 4. The summed E-state index contributed by atoms with van der Waals surface area (Å²) in [6.07, 6.45) is -4.63. The standard InChI is InChI=1S/C19H13F3N4OS/c1-11(15-25-26-16(27-15)12-7-3-2-4-8-12)28-17-13-9-5-6-10-14(13)23-18(24-17)19(20,21)22/h2-11H,1H3/t11-/m0/s1. The summed E-state index contributed by atoms with van der Waals surface area (Å²) in [5, 5.41) is 8.41. The Morgan fingerprint density at radius 3 is 2.39 bits per heavy atom. The summed E-state index contributed by atoms with van der Waals surface area (Å²) < 4.78 is 45.2. The highest BCUT2D eigenvalue weighted by Gasteiger charge is 2.36. The number of hydrogen-bond acceptors (Lipinski definition) is 6. The van der Waals surface area contributed by atoms with Crippen LogP contribution in [0, 0.1) is 0 Å². The maximum Gasteiger partial charge on any atom is 0.451 e. The second-order valence-electron chi connectivity index (χ2n) is 5.94. The largest absolute Gasteiger partial charge is 0.451 e. The van der Waals surface area contributed by atoms with E-state index in [0.717, 1.165) is 17.3 Å². The number of thioether (sulfide) groups is 1. The van der Waals surface area contributed by atoms with E-state index in [0.29, 0.717) is 17.2 Å². The minimum absolute atomic E-state index is 0.213. The van der Waals surface area contributed by atoms with Gasteiger partial charge in [-0.3, -0.25) is 0 Å². The zero-order valence-corrected chi connectivity index (χ0v) is 15.3. The van der Waals surface area contributed by atoms with Crippen LogP contribution in [0.4, 0.5) is 13.2 Å². The van der Waals surface area contributed by atoms with Gasteiger partial charge in [0.1, 0.15) is 5.03 Å². The van der Waals surface area contributed by atoms with Gasteiger partial charge in [0.15, 0.2) is 0 Å². The molecule has 1 atom stereocenters. The first-order valence-corrected chi connectivity index (χ1v) is 9.19. The highest BCUT2D eigenvalue weighted by molar-refractivity contribution is 7.99. The molecule has 0 unspecified atom stereocenters. The molecule has 5 nitrogen and oxygen atoms in total. The van der Waals surface area contributed by atoms with Crippen LogP contribution in [0.15, 0.2) is 64.0 Å². The molecule has 0 N–H and O–H groups in total. The van der Waals surface area contributed by atoms with Gasteiger partial charge in [0.2, 0.25) is 17.6 Å². The quantitative estimate of drug-likeness (QED) is 0.329. The van der Waals surface area contributed by atoms with Crippen LogP contribution in [0.1, 0.15) is 23.9 Å². The molecule has 28 heavy (non-hydrogen) atoms. The minimum atomic E-state index is -4.63. The summed E-state index contributed by atoms with van der Waals surface area (Å²) in [5.74, 6) is -0.511. The van der Waals surface area contributed by atoms with Crippen molar-refractivity contribution in [1.29, 1.82) is 0 Å². The third-order valence-electron chi connectivity index (χ3n) is 3.92. The number of aromatic nitrogens is 4. The van der Waals surface area contributed by atoms with Crippen molar-refractivity contribution < 1.29 is 17.6 Å². The highest BCUT2D eigenvalue weighted by Crippen LogP contribution is 2.39. The first-order valence-electron chi connectivity index (χ1n) is 8.31. The lowest BCUT2D eigenvalue weighted by molar-refractivity contribution is -0.145. The average Bonchev–Trinajstić information content (AvgIpc) is 3.18. The summed E-state index contributed by atoms with van der Waals surface area (Å²) in [6, 6.07) is 15.8. The molecule has 0 saturated carbocycles. The second kappa shape index (κ2) is 7.23. The van der Waals surface area contributed by atoms with Gasteiger partial charge in [-0.25, -0.2) is 9.97 Å². The van der Waals surface area contributed by atoms with Gasteiger partial charge in [0, 0.05) is 10.9 Å². The first kappa shape index (κ1) is 18.4. The molecule has 2 aromatic heterocycles. The van der Waals surface area contributed by atoms with Crippen LogP contribution in [0.2, 0.25) is 0 Å². The summed E-state index contributed by atoms with van der Waals surface area (Å²) in [6.45, 7) is 1.77. The van der Waals surface area contributed by atoms with Gasteiger partial charge >= 0.3 is 6.18 Å². The topological polar surface area (TPSA) is 64.7 Å². The zero-order valence-electron chi connectivity index (χ0n) is 14.5. The van der Waals surface area contributed by atoms with E-state index in [2.05, 4.69) is 20.2 Å². The lowest BCUT2D eigenvalue weighted by atomic mass is 10.2. The van der Waals surface area contributed by atoms with Crippen molar-refractivity contribution in [3.8, 4) is 11.5 Å². The predicted octanol–water partition coefficient (Wildman–Crippen LogP) is 5.55. The van der Waals surface area contributed by atoms with Crippen LogP contribution < -0.4 is 0 Å². The fraction of sp³-hybridized carbons (Fsp3) is 0.158. The minimum Gasteiger partial charge on any atom is -0.419 e. The molecule has 0 aliphatic rings. The normalized spacial score (nSPS) is 13.0. The number of fused-ring (bicyclic) bond motifs is 1. The zero-order chi connectivity index (χ0) is 19.7. The third kappa shape index (κ3) is 3.70. The lowest BCUT2D eigenvalue weighted by Gasteiger charge is -2.12. The molecule has 0 radical (unpaired) electrons. The van der Waals surface area contributed by atoms with Crippen LogP contribution in [-0.4, -0.2) is 20.2 Å². The van der Waals surface area contributed by atoms with Gasteiger partial charge in [0.25, 0.3) is 0 Å². The maximum absolute atomic E-state index is 13.2. The van der Waals surface area contributed by atoms with Gasteiger partial charge < -0.3 is 4.42 Å². The van der Waals surface area contributed by atoms with Gasteiger partial charge in [-0.15, -0.1) is 10.2 Å². The van der Waals surface area contributed by atoms with Crippen molar-refractivity contribution in [2.24, 2.45) is 0 Å². The van der Waals surface area contributed by atoms with Crippen molar-refractivity contribution in [1.82, 2.24) is 20.2 Å². The highest BCUT2D eigenvalue weighted by atomic mass is 32.2. The molecule has 4 aromatic rings. The van der Waals surface area contributed by atoms with Gasteiger partial charge in [-0.1, -0.05) is 48.2 Å². The fourth-order valence-electron chi connectivity index (χ4n) is 2.58. The average molecular weight is 402 g/mol. The Bertz CT molecular complexity index is 1120. The number of halogens is 3. The van der Waals surface area contributed by atoms with Crippen LogP contribution in [0.3, 0.4) is 0 Å². The summed E-state index contributed by atoms with van der Waals surface area (Å²) in [7, 11) is 0. The van der Waals surface area contributed by atoms with Gasteiger partial charge in [-0.05, 0) is 25.1 Å². The first-order chi connectivity index (χ1) is 13.4. The number of para-hydroxylation sites is 1. The predicted molar refractivity (Wildman–Crippen MR) is 98.5 cm³/mol. The van der Waals surface area contributed by atoms with Crippen molar-refractivity contribution in [2.45, 2.75) is 23.4 Å². The molecule has 0 aliphatic carbocycles. The van der Waals surface area contributed by atoms with E-state index in [4.69, 9.17) is 4.42 Å². The molecule has 0 aliphatic heterocycles. The van der Waals surface area contributed by atoms with Crippen molar-refractivity contribution in [2.75, 3.05) is 0 Å². The molecule has 142 valence electrons. The summed E-state index contributed by atoms with van der Waals surface area (Å²) >= 11 is 1.12. The van der Waals surface area contributed by atoms with E-state index < -0.39 is 17.3 Å². The maximum atomic E-state index is 13.2. The molecule has 4 rings (SSSR count). The molecule has 0 saturated heterocycles. The molecule has 0 amide bonds. The Morgan fingerprint density at radius 1 is 0.929 bits per heavy atom. The van der Waals surface area contributed by atoms with Crippen LogP contribution in [0.25, 0.3) is 22.4 Å². The number of nitrogens with zero attached hydrogens (tertiary/aromatic N) is 4. The van der Waals surface area contributed by atoms with Crippen LogP contribution in [0.5, 0.6) is 0 Å². The van der Waals surface area contributed by atoms with Crippen LogP contribution >= 0.6 is 11.8 Å². The SMILES string of the molecule is C[C@H](Sc1nc(C(F)(F)F)nc2ccccc12)c1nnc(-c2ccccc2)o1. The van der Waals surface area contributed by atoms with E-state index in [-0.39, 0.29) is 10.5 Å². The summed E-state index contributed by atoms with van der Waals surface area (Å²) in [5.41, 5.74) is 1.00. The van der Waals surface area contributed by atoms with E-state index >= 15 is 0 Å². The van der Waals surface area contributed by atoms with Crippen molar-refractivity contribution in [3.63, 3.8) is 0 Å². The van der Waals surface area contributed by atoms with Crippen molar-refractivity contribution in [3.05, 3.63) is 66.3 Å². The molecular weight excluding hydrogens is 389 g/mol. The summed E-state index contributed by atoms with van der Waals surface area (Å²) in [4.78, 5) is 7.37. The molecule has 0 fully saturated rings.